The van der Waals surface area contributed by atoms with Gasteiger partial charge in [0.25, 0.3) is 5.91 Å². The fourth-order valence-electron chi connectivity index (χ4n) is 3.33. The minimum absolute atomic E-state index is 0.0604. The Kier molecular flexibility index (Phi) is 7.89. The van der Waals surface area contributed by atoms with Gasteiger partial charge in [0, 0.05) is 24.2 Å². The van der Waals surface area contributed by atoms with Gasteiger partial charge >= 0.3 is 5.97 Å². The Hall–Kier alpha value is -3.52. The molecule has 1 amide bonds. The molecule has 8 heteroatoms. The van der Waals surface area contributed by atoms with Gasteiger partial charge in [0.05, 0.1) is 12.6 Å². The quantitative estimate of drug-likeness (QED) is 0.405. The number of nitrogens with one attached hydrogen (secondary N) is 1. The number of aromatic nitrogens is 2. The number of hydrogen-bond donors (Lipinski definition) is 3. The first-order valence-electron chi connectivity index (χ1n) is 10.2. The van der Waals surface area contributed by atoms with Crippen LogP contribution in [0.15, 0.2) is 65.4 Å². The molecule has 0 fully saturated rings. The maximum absolute atomic E-state index is 12.4. The summed E-state index contributed by atoms with van der Waals surface area (Å²) in [5.74, 6) is -1.32. The summed E-state index contributed by atoms with van der Waals surface area (Å²) in [7, 11) is 0. The number of nitrogens with two attached hydrogens (primary N) is 1. The molecule has 0 aliphatic rings. The summed E-state index contributed by atoms with van der Waals surface area (Å²) >= 11 is 0. The third-order valence-electron chi connectivity index (χ3n) is 4.89. The standard InChI is InChI=1S/C23H26N4O4/c24-20(11-6-10-18-9-4-5-12-25-18)27-23(30)19-15-31-21(26-19)13-17(14-22(28)29)16-7-2-1-3-8-16/h1-5,7-9,12,15,17,20H,6,10-11,13-14,24H2,(H,27,30)(H,28,29). The molecule has 0 saturated carbocycles. The summed E-state index contributed by atoms with van der Waals surface area (Å²) < 4.78 is 5.43. The van der Waals surface area contributed by atoms with Crippen molar-refractivity contribution in [1.82, 2.24) is 15.3 Å². The van der Waals surface area contributed by atoms with E-state index in [4.69, 9.17) is 10.2 Å². The summed E-state index contributed by atoms with van der Waals surface area (Å²) in [6.07, 6.45) is 4.89. The smallest absolute Gasteiger partial charge is 0.303 e. The number of carboxylic acids is 1. The molecule has 3 aromatic rings. The lowest BCUT2D eigenvalue weighted by atomic mass is 9.92. The molecule has 3 rings (SSSR count). The van der Waals surface area contributed by atoms with Crippen LogP contribution in [0.3, 0.4) is 0 Å². The SMILES string of the molecule is NC(CCCc1ccccn1)NC(=O)c1coc(CC(CC(=O)O)c2ccccc2)n1. The fraction of sp³-hybridized carbons (Fsp3) is 0.304. The highest BCUT2D eigenvalue weighted by molar-refractivity contribution is 5.92. The number of rotatable bonds is 11. The average Bonchev–Trinajstić information content (AvgIpc) is 3.23. The molecule has 2 heterocycles. The third-order valence-corrected chi connectivity index (χ3v) is 4.89. The summed E-state index contributed by atoms with van der Waals surface area (Å²) in [5, 5.41) is 11.9. The summed E-state index contributed by atoms with van der Waals surface area (Å²) in [6, 6.07) is 15.1. The highest BCUT2D eigenvalue weighted by Gasteiger charge is 2.21. The Labute approximate surface area is 180 Å². The fourth-order valence-corrected chi connectivity index (χ4v) is 3.33. The molecule has 0 saturated heterocycles. The largest absolute Gasteiger partial charge is 0.481 e. The molecule has 0 aliphatic carbocycles. The highest BCUT2D eigenvalue weighted by Crippen LogP contribution is 2.24. The van der Waals surface area contributed by atoms with Crippen LogP contribution >= 0.6 is 0 Å². The lowest BCUT2D eigenvalue weighted by molar-refractivity contribution is -0.137. The summed E-state index contributed by atoms with van der Waals surface area (Å²) in [4.78, 5) is 32.2. The Morgan fingerprint density at radius 3 is 2.61 bits per heavy atom. The number of pyridine rings is 1. The molecule has 0 radical (unpaired) electrons. The first-order valence-corrected chi connectivity index (χ1v) is 10.2. The van der Waals surface area contributed by atoms with Crippen molar-refractivity contribution in [3.8, 4) is 0 Å². The molecule has 31 heavy (non-hydrogen) atoms. The van der Waals surface area contributed by atoms with Gasteiger partial charge in [-0.25, -0.2) is 4.98 Å². The monoisotopic (exact) mass is 422 g/mol. The lowest BCUT2D eigenvalue weighted by Gasteiger charge is -2.13. The van der Waals surface area contributed by atoms with Crippen molar-refractivity contribution in [3.05, 3.63) is 83.8 Å². The Bertz CT molecular complexity index is 976. The van der Waals surface area contributed by atoms with E-state index in [1.165, 1.54) is 6.26 Å². The van der Waals surface area contributed by atoms with Crippen molar-refractivity contribution in [3.63, 3.8) is 0 Å². The second kappa shape index (κ2) is 11.0. The van der Waals surface area contributed by atoms with Gasteiger partial charge in [0.15, 0.2) is 11.6 Å². The van der Waals surface area contributed by atoms with Crippen molar-refractivity contribution in [1.29, 1.82) is 0 Å². The van der Waals surface area contributed by atoms with E-state index < -0.39 is 18.0 Å². The molecule has 162 valence electrons. The number of amides is 1. The van der Waals surface area contributed by atoms with E-state index in [1.807, 2.05) is 48.5 Å². The molecule has 4 N–H and O–H groups in total. The zero-order valence-corrected chi connectivity index (χ0v) is 17.1. The normalized spacial score (nSPS) is 12.8. The minimum atomic E-state index is -0.907. The van der Waals surface area contributed by atoms with E-state index in [9.17, 15) is 14.7 Å². The molecule has 0 aliphatic heterocycles. The second-order valence-electron chi connectivity index (χ2n) is 7.33. The number of carbonyl (C=O) groups is 2. The third kappa shape index (κ3) is 7.04. The van der Waals surface area contributed by atoms with Crippen LogP contribution in [0, 0.1) is 0 Å². The van der Waals surface area contributed by atoms with E-state index in [0.29, 0.717) is 12.3 Å². The zero-order chi connectivity index (χ0) is 22.1. The van der Waals surface area contributed by atoms with Gasteiger partial charge < -0.3 is 20.6 Å². The molecule has 2 unspecified atom stereocenters. The van der Waals surface area contributed by atoms with Gasteiger partial charge in [-0.05, 0) is 37.0 Å². The van der Waals surface area contributed by atoms with Crippen molar-refractivity contribution in [2.24, 2.45) is 5.73 Å². The van der Waals surface area contributed by atoms with Gasteiger partial charge in [-0.1, -0.05) is 36.4 Å². The van der Waals surface area contributed by atoms with Crippen LogP contribution in [0.4, 0.5) is 0 Å². The number of aliphatic carboxylic acids is 1. The number of aryl methyl sites for hydroxylation is 1. The molecular weight excluding hydrogens is 396 g/mol. The number of hydrogen-bond acceptors (Lipinski definition) is 6. The van der Waals surface area contributed by atoms with Crippen LogP contribution in [0.25, 0.3) is 0 Å². The topological polar surface area (TPSA) is 131 Å². The van der Waals surface area contributed by atoms with Gasteiger partial charge in [-0.3, -0.25) is 14.6 Å². The zero-order valence-electron chi connectivity index (χ0n) is 17.1. The minimum Gasteiger partial charge on any atom is -0.481 e. The van der Waals surface area contributed by atoms with Crippen LogP contribution < -0.4 is 11.1 Å². The first kappa shape index (κ1) is 22.2. The van der Waals surface area contributed by atoms with Gasteiger partial charge in [-0.15, -0.1) is 0 Å². The maximum atomic E-state index is 12.4. The summed E-state index contributed by atoms with van der Waals surface area (Å²) in [6.45, 7) is 0. The van der Waals surface area contributed by atoms with Crippen LogP contribution in [0.2, 0.25) is 0 Å². The number of oxazole rings is 1. The van der Waals surface area contributed by atoms with Crippen molar-refractivity contribution in [2.45, 2.75) is 44.2 Å². The number of nitrogens with zero attached hydrogens (tertiary/aromatic N) is 2. The van der Waals surface area contributed by atoms with Gasteiger partial charge in [0.1, 0.15) is 6.26 Å². The molecule has 1 aromatic carbocycles. The van der Waals surface area contributed by atoms with Crippen molar-refractivity contribution in [2.75, 3.05) is 0 Å². The van der Waals surface area contributed by atoms with E-state index in [-0.39, 0.29) is 24.5 Å². The number of benzene rings is 1. The molecule has 8 nitrogen and oxygen atoms in total. The lowest BCUT2D eigenvalue weighted by Crippen LogP contribution is -2.41. The molecule has 2 aromatic heterocycles. The maximum Gasteiger partial charge on any atom is 0.303 e. The van der Waals surface area contributed by atoms with Gasteiger partial charge in [0.2, 0.25) is 0 Å². The van der Waals surface area contributed by atoms with Crippen LogP contribution in [0.1, 0.15) is 52.8 Å². The van der Waals surface area contributed by atoms with E-state index in [1.54, 1.807) is 6.20 Å². The first-order chi connectivity index (χ1) is 15.0. The van der Waals surface area contributed by atoms with Crippen LogP contribution in [-0.4, -0.2) is 33.1 Å². The van der Waals surface area contributed by atoms with E-state index in [0.717, 1.165) is 24.1 Å². The number of carbonyl (C=O) groups excluding carboxylic acids is 1. The predicted octanol–water partition coefficient (Wildman–Crippen LogP) is 2.91. The Balaban J connectivity index is 1.52. The molecule has 2 atom stereocenters. The second-order valence-corrected chi connectivity index (χ2v) is 7.33. The Morgan fingerprint density at radius 1 is 1.13 bits per heavy atom. The molecule has 0 spiro atoms. The van der Waals surface area contributed by atoms with Crippen molar-refractivity contribution >= 4 is 11.9 Å². The van der Waals surface area contributed by atoms with E-state index >= 15 is 0 Å². The van der Waals surface area contributed by atoms with Gasteiger partial charge in [-0.2, -0.15) is 0 Å². The predicted molar refractivity (Wildman–Crippen MR) is 114 cm³/mol. The van der Waals surface area contributed by atoms with E-state index in [2.05, 4.69) is 15.3 Å². The van der Waals surface area contributed by atoms with Crippen LogP contribution in [0.5, 0.6) is 0 Å². The molecule has 0 bridgehead atoms. The Morgan fingerprint density at radius 2 is 1.90 bits per heavy atom. The molecular formula is C23H26N4O4. The number of carboxylic acid groups (broad SMARTS) is 1. The summed E-state index contributed by atoms with van der Waals surface area (Å²) in [5.41, 5.74) is 8.00. The van der Waals surface area contributed by atoms with Crippen molar-refractivity contribution < 1.29 is 19.1 Å². The average molecular weight is 422 g/mol. The highest BCUT2D eigenvalue weighted by atomic mass is 16.4. The van der Waals surface area contributed by atoms with Crippen LogP contribution in [-0.2, 0) is 17.6 Å².